The van der Waals surface area contributed by atoms with Gasteiger partial charge in [0, 0.05) is 38.9 Å². The number of nitrogens with zero attached hydrogens (tertiary/aromatic N) is 1. The van der Waals surface area contributed by atoms with E-state index < -0.39 is 0 Å². The minimum Gasteiger partial charge on any atom is -0.383 e. The Balaban J connectivity index is 2.34. The fraction of sp³-hybridized carbons (Fsp3) is 0.500. The van der Waals surface area contributed by atoms with Crippen molar-refractivity contribution in [2.75, 3.05) is 39.2 Å². The minimum atomic E-state index is 0.0124. The van der Waals surface area contributed by atoms with Gasteiger partial charge in [0.1, 0.15) is 0 Å². The van der Waals surface area contributed by atoms with Gasteiger partial charge in [-0.25, -0.2) is 0 Å². The number of ether oxygens (including phenoxy) is 1. The number of hydrogen-bond donors (Lipinski definition) is 2. The molecule has 106 valence electrons. The molecule has 5 heteroatoms. The van der Waals surface area contributed by atoms with E-state index in [4.69, 9.17) is 10.5 Å². The zero-order valence-corrected chi connectivity index (χ0v) is 11.7. The second-order valence-electron chi connectivity index (χ2n) is 4.50. The summed E-state index contributed by atoms with van der Waals surface area (Å²) in [5.74, 6) is 0.0124. The smallest absolute Gasteiger partial charge is 0.225 e. The molecule has 1 rings (SSSR count). The third-order valence-corrected chi connectivity index (χ3v) is 2.84. The molecule has 0 radical (unpaired) electrons. The number of rotatable bonds is 8. The average Bonchev–Trinajstić information content (AvgIpc) is 2.43. The summed E-state index contributed by atoms with van der Waals surface area (Å²) >= 11 is 0. The topological polar surface area (TPSA) is 67.6 Å². The molecule has 1 aromatic rings. The van der Waals surface area contributed by atoms with Crippen LogP contribution >= 0.6 is 0 Å². The summed E-state index contributed by atoms with van der Waals surface area (Å²) in [5, 5.41) is 2.88. The van der Waals surface area contributed by atoms with Crippen molar-refractivity contribution in [2.45, 2.75) is 13.0 Å². The zero-order valence-electron chi connectivity index (χ0n) is 11.7. The van der Waals surface area contributed by atoms with Gasteiger partial charge < -0.3 is 20.7 Å². The molecule has 0 fully saturated rings. The van der Waals surface area contributed by atoms with Crippen LogP contribution < -0.4 is 11.1 Å². The highest BCUT2D eigenvalue weighted by Crippen LogP contribution is 2.10. The Morgan fingerprint density at radius 2 is 2.21 bits per heavy atom. The molecule has 0 aromatic heterocycles. The number of nitrogens with one attached hydrogen (secondary N) is 1. The fourth-order valence-corrected chi connectivity index (χ4v) is 1.65. The molecule has 0 bridgehead atoms. The molecular weight excluding hydrogens is 242 g/mol. The lowest BCUT2D eigenvalue weighted by atomic mass is 10.2. The molecule has 19 heavy (non-hydrogen) atoms. The maximum Gasteiger partial charge on any atom is 0.225 e. The summed E-state index contributed by atoms with van der Waals surface area (Å²) in [6.45, 7) is 2.69. The summed E-state index contributed by atoms with van der Waals surface area (Å²) < 4.78 is 4.99. The van der Waals surface area contributed by atoms with E-state index >= 15 is 0 Å². The molecule has 0 atom stereocenters. The molecule has 5 nitrogen and oxygen atoms in total. The first-order valence-corrected chi connectivity index (χ1v) is 6.42. The molecule has 0 aliphatic heterocycles. The second-order valence-corrected chi connectivity index (χ2v) is 4.50. The maximum atomic E-state index is 11.8. The first kappa shape index (κ1) is 15.6. The minimum absolute atomic E-state index is 0.0124. The number of hydrogen-bond acceptors (Lipinski definition) is 4. The Hall–Kier alpha value is -1.43. The first-order chi connectivity index (χ1) is 9.15. The Kier molecular flexibility index (Phi) is 7.10. The Bertz CT molecular complexity index is 396. The molecule has 3 N–H and O–H groups in total. The number of benzene rings is 1. The molecule has 0 unspecified atom stereocenters. The van der Waals surface area contributed by atoms with Crippen LogP contribution in [0.3, 0.4) is 0 Å². The average molecular weight is 265 g/mol. The summed E-state index contributed by atoms with van der Waals surface area (Å²) in [4.78, 5) is 13.9. The first-order valence-electron chi connectivity index (χ1n) is 6.42. The summed E-state index contributed by atoms with van der Waals surface area (Å²) in [6, 6.07) is 7.59. The van der Waals surface area contributed by atoms with Crippen molar-refractivity contribution in [3.05, 3.63) is 29.8 Å². The Morgan fingerprint density at radius 3 is 2.89 bits per heavy atom. The molecule has 0 spiro atoms. The van der Waals surface area contributed by atoms with E-state index in [-0.39, 0.29) is 5.91 Å². The zero-order chi connectivity index (χ0) is 14.1. The number of anilines is 1. The van der Waals surface area contributed by atoms with E-state index in [9.17, 15) is 4.79 Å². The molecule has 0 aliphatic carbocycles. The van der Waals surface area contributed by atoms with E-state index in [1.807, 2.05) is 31.3 Å². The van der Waals surface area contributed by atoms with Gasteiger partial charge in [-0.2, -0.15) is 0 Å². The summed E-state index contributed by atoms with van der Waals surface area (Å²) in [6.07, 6.45) is 0.465. The van der Waals surface area contributed by atoms with Crippen molar-refractivity contribution >= 4 is 11.6 Å². The Labute approximate surface area is 114 Å². The van der Waals surface area contributed by atoms with Crippen molar-refractivity contribution in [3.8, 4) is 0 Å². The van der Waals surface area contributed by atoms with Crippen LogP contribution in [-0.4, -0.2) is 44.7 Å². The van der Waals surface area contributed by atoms with Gasteiger partial charge in [0.25, 0.3) is 0 Å². The van der Waals surface area contributed by atoms with Crippen molar-refractivity contribution in [1.82, 2.24) is 4.90 Å². The largest absolute Gasteiger partial charge is 0.383 e. The van der Waals surface area contributed by atoms with Gasteiger partial charge in [0.15, 0.2) is 0 Å². The molecule has 0 saturated carbocycles. The van der Waals surface area contributed by atoms with Gasteiger partial charge in [-0.1, -0.05) is 12.1 Å². The lowest BCUT2D eigenvalue weighted by Crippen LogP contribution is -2.27. The van der Waals surface area contributed by atoms with Crippen LogP contribution in [0.15, 0.2) is 24.3 Å². The van der Waals surface area contributed by atoms with E-state index in [1.165, 1.54) is 0 Å². The van der Waals surface area contributed by atoms with E-state index in [0.717, 1.165) is 17.8 Å². The molecular formula is C14H23N3O2. The van der Waals surface area contributed by atoms with E-state index in [0.29, 0.717) is 26.1 Å². The summed E-state index contributed by atoms with van der Waals surface area (Å²) in [5.41, 5.74) is 7.37. The van der Waals surface area contributed by atoms with Crippen LogP contribution in [-0.2, 0) is 16.1 Å². The third kappa shape index (κ3) is 6.33. The number of amides is 1. The monoisotopic (exact) mass is 265 g/mol. The molecule has 0 heterocycles. The van der Waals surface area contributed by atoms with E-state index in [2.05, 4.69) is 10.2 Å². The summed E-state index contributed by atoms with van der Waals surface area (Å²) in [7, 11) is 3.65. The molecule has 1 amide bonds. The van der Waals surface area contributed by atoms with Crippen molar-refractivity contribution in [2.24, 2.45) is 5.73 Å². The molecule has 1 aromatic carbocycles. The van der Waals surface area contributed by atoms with Gasteiger partial charge in [0.05, 0.1) is 6.61 Å². The highest BCUT2D eigenvalue weighted by molar-refractivity contribution is 5.90. The normalized spacial score (nSPS) is 10.7. The number of carbonyl (C=O) groups excluding carboxylic acids is 1. The lowest BCUT2D eigenvalue weighted by molar-refractivity contribution is -0.116. The van der Waals surface area contributed by atoms with Crippen LogP contribution in [0.25, 0.3) is 0 Å². The van der Waals surface area contributed by atoms with Crippen LogP contribution in [0.2, 0.25) is 0 Å². The van der Waals surface area contributed by atoms with Crippen LogP contribution in [0.4, 0.5) is 5.69 Å². The van der Waals surface area contributed by atoms with Gasteiger partial charge in [-0.15, -0.1) is 0 Å². The maximum absolute atomic E-state index is 11.8. The van der Waals surface area contributed by atoms with Crippen LogP contribution in [0, 0.1) is 0 Å². The SMILES string of the molecule is COCCN(C)CCC(=O)Nc1cccc(CN)c1. The third-order valence-electron chi connectivity index (χ3n) is 2.84. The Morgan fingerprint density at radius 1 is 1.42 bits per heavy atom. The number of nitrogens with two attached hydrogens (primary N) is 1. The number of likely N-dealkylation sites (N-methyl/N-ethyl adjacent to an activating group) is 1. The van der Waals surface area contributed by atoms with Crippen molar-refractivity contribution < 1.29 is 9.53 Å². The fourth-order valence-electron chi connectivity index (χ4n) is 1.65. The van der Waals surface area contributed by atoms with Gasteiger partial charge in [-0.05, 0) is 24.7 Å². The number of carbonyl (C=O) groups is 1. The van der Waals surface area contributed by atoms with Crippen molar-refractivity contribution in [3.63, 3.8) is 0 Å². The van der Waals surface area contributed by atoms with Gasteiger partial charge in [-0.3, -0.25) is 4.79 Å². The molecule has 0 aliphatic rings. The van der Waals surface area contributed by atoms with Gasteiger partial charge in [0.2, 0.25) is 5.91 Å². The molecule has 0 saturated heterocycles. The predicted molar refractivity (Wildman–Crippen MR) is 77.0 cm³/mol. The lowest BCUT2D eigenvalue weighted by Gasteiger charge is -2.15. The number of methoxy groups -OCH3 is 1. The highest BCUT2D eigenvalue weighted by atomic mass is 16.5. The standard InChI is InChI=1S/C14H23N3O2/c1-17(8-9-19-2)7-6-14(18)16-13-5-3-4-12(10-13)11-15/h3-5,10H,6-9,11,15H2,1-2H3,(H,16,18). The highest BCUT2D eigenvalue weighted by Gasteiger charge is 2.05. The van der Waals surface area contributed by atoms with Crippen molar-refractivity contribution in [1.29, 1.82) is 0 Å². The van der Waals surface area contributed by atoms with Crippen LogP contribution in [0.1, 0.15) is 12.0 Å². The van der Waals surface area contributed by atoms with Gasteiger partial charge >= 0.3 is 0 Å². The van der Waals surface area contributed by atoms with E-state index in [1.54, 1.807) is 7.11 Å². The quantitative estimate of drug-likeness (QED) is 0.737. The predicted octanol–water partition coefficient (Wildman–Crippen LogP) is 1.05. The second kappa shape index (κ2) is 8.63. The van der Waals surface area contributed by atoms with Crippen LogP contribution in [0.5, 0.6) is 0 Å².